The number of hydrogen-bond donors (Lipinski definition) is 1. The Morgan fingerprint density at radius 2 is 2.20 bits per heavy atom. The molecule has 104 valence electrons. The van der Waals surface area contributed by atoms with Crippen LogP contribution in [0.25, 0.3) is 5.65 Å². The molecule has 8 nitrogen and oxygen atoms in total. The van der Waals surface area contributed by atoms with Crippen molar-refractivity contribution in [2.75, 3.05) is 5.32 Å². The molecule has 0 aliphatic heterocycles. The monoisotopic (exact) mass is 273 g/mol. The standard InChI is InChI=1S/C12H15N7O/c1-7(2)9-4-10(12-15-14-6-19(12)16-9)13-5-11-8(3)17-20-18-11/h4,6-7,13H,5H2,1-3H3. The first-order valence-corrected chi connectivity index (χ1v) is 6.38. The zero-order valence-electron chi connectivity index (χ0n) is 11.5. The van der Waals surface area contributed by atoms with Gasteiger partial charge >= 0.3 is 0 Å². The molecule has 1 N–H and O–H groups in total. The van der Waals surface area contributed by atoms with E-state index < -0.39 is 0 Å². The van der Waals surface area contributed by atoms with Gasteiger partial charge in [-0.05, 0) is 18.9 Å². The molecule has 0 saturated carbocycles. The summed E-state index contributed by atoms with van der Waals surface area (Å²) in [6.45, 7) is 6.55. The van der Waals surface area contributed by atoms with Gasteiger partial charge in [0.05, 0.1) is 17.9 Å². The maximum atomic E-state index is 4.68. The van der Waals surface area contributed by atoms with Crippen molar-refractivity contribution in [3.05, 3.63) is 29.5 Å². The highest BCUT2D eigenvalue weighted by molar-refractivity contribution is 5.66. The third-order valence-electron chi connectivity index (χ3n) is 3.07. The predicted molar refractivity (Wildman–Crippen MR) is 71.2 cm³/mol. The summed E-state index contributed by atoms with van der Waals surface area (Å²) in [7, 11) is 0. The molecule has 0 radical (unpaired) electrons. The quantitative estimate of drug-likeness (QED) is 0.770. The Hall–Kier alpha value is -2.51. The summed E-state index contributed by atoms with van der Waals surface area (Å²) in [5.41, 5.74) is 4.06. The Bertz CT molecular complexity index is 730. The van der Waals surface area contributed by atoms with E-state index >= 15 is 0 Å². The van der Waals surface area contributed by atoms with Crippen LogP contribution in [0.4, 0.5) is 5.69 Å². The summed E-state index contributed by atoms with van der Waals surface area (Å²) in [5, 5.41) is 23.3. The van der Waals surface area contributed by atoms with E-state index in [0.717, 1.165) is 22.8 Å². The van der Waals surface area contributed by atoms with Crippen molar-refractivity contribution in [2.24, 2.45) is 0 Å². The van der Waals surface area contributed by atoms with Gasteiger partial charge in [-0.15, -0.1) is 10.2 Å². The number of aryl methyl sites for hydroxylation is 1. The Morgan fingerprint density at radius 1 is 1.35 bits per heavy atom. The van der Waals surface area contributed by atoms with Crippen molar-refractivity contribution in [3.63, 3.8) is 0 Å². The van der Waals surface area contributed by atoms with Crippen molar-refractivity contribution < 1.29 is 4.63 Å². The molecule has 3 aromatic heterocycles. The van der Waals surface area contributed by atoms with E-state index in [9.17, 15) is 0 Å². The van der Waals surface area contributed by atoms with Gasteiger partial charge in [0, 0.05) is 0 Å². The number of rotatable bonds is 4. The highest BCUT2D eigenvalue weighted by atomic mass is 16.6. The lowest BCUT2D eigenvalue weighted by Gasteiger charge is -2.10. The zero-order valence-corrected chi connectivity index (χ0v) is 11.5. The number of aromatic nitrogens is 6. The fourth-order valence-electron chi connectivity index (χ4n) is 1.85. The first-order valence-electron chi connectivity index (χ1n) is 6.38. The molecule has 0 aliphatic rings. The predicted octanol–water partition coefficient (Wildman–Crippen LogP) is 1.55. The van der Waals surface area contributed by atoms with Gasteiger partial charge in [0.15, 0.2) is 0 Å². The van der Waals surface area contributed by atoms with Gasteiger partial charge < -0.3 is 5.32 Å². The molecule has 0 bridgehead atoms. The number of nitrogens with one attached hydrogen (secondary N) is 1. The molecule has 3 aromatic rings. The zero-order chi connectivity index (χ0) is 14.1. The molecule has 0 spiro atoms. The van der Waals surface area contributed by atoms with Crippen LogP contribution in [-0.4, -0.2) is 30.1 Å². The lowest BCUT2D eigenvalue weighted by atomic mass is 10.1. The Morgan fingerprint density at radius 3 is 2.90 bits per heavy atom. The normalized spacial score (nSPS) is 11.4. The van der Waals surface area contributed by atoms with Crippen LogP contribution in [0, 0.1) is 6.92 Å². The number of hydrogen-bond acceptors (Lipinski definition) is 7. The summed E-state index contributed by atoms with van der Waals surface area (Å²) in [6, 6.07) is 1.98. The third-order valence-corrected chi connectivity index (χ3v) is 3.07. The van der Waals surface area contributed by atoms with E-state index in [0.29, 0.717) is 18.1 Å². The van der Waals surface area contributed by atoms with Crippen molar-refractivity contribution in [3.8, 4) is 0 Å². The molecule has 3 heterocycles. The maximum absolute atomic E-state index is 4.68. The lowest BCUT2D eigenvalue weighted by Crippen LogP contribution is -2.07. The minimum atomic E-state index is 0.317. The topological polar surface area (TPSA) is 94.0 Å². The minimum absolute atomic E-state index is 0.317. The van der Waals surface area contributed by atoms with Crippen LogP contribution in [0.1, 0.15) is 36.8 Å². The van der Waals surface area contributed by atoms with Crippen molar-refractivity contribution in [1.82, 2.24) is 30.1 Å². The SMILES string of the molecule is Cc1nonc1CNc1cc(C(C)C)nn2cnnc12. The lowest BCUT2D eigenvalue weighted by molar-refractivity contribution is 0.301. The van der Waals surface area contributed by atoms with Crippen LogP contribution >= 0.6 is 0 Å². The van der Waals surface area contributed by atoms with Crippen molar-refractivity contribution in [2.45, 2.75) is 33.2 Å². The Kier molecular flexibility index (Phi) is 3.05. The van der Waals surface area contributed by atoms with Gasteiger partial charge in [-0.25, -0.2) is 4.63 Å². The third kappa shape index (κ3) is 2.20. The molecule has 0 unspecified atom stereocenters. The highest BCUT2D eigenvalue weighted by Crippen LogP contribution is 2.20. The van der Waals surface area contributed by atoms with Crippen LogP contribution in [-0.2, 0) is 6.54 Å². The van der Waals surface area contributed by atoms with E-state index in [1.165, 1.54) is 0 Å². The van der Waals surface area contributed by atoms with E-state index in [4.69, 9.17) is 0 Å². The summed E-state index contributed by atoms with van der Waals surface area (Å²) >= 11 is 0. The average Bonchev–Trinajstić information content (AvgIpc) is 3.04. The van der Waals surface area contributed by atoms with Crippen molar-refractivity contribution >= 4 is 11.3 Å². The number of anilines is 1. The van der Waals surface area contributed by atoms with Gasteiger partial charge in [-0.1, -0.05) is 24.2 Å². The Balaban J connectivity index is 1.93. The largest absolute Gasteiger partial charge is 0.376 e. The van der Waals surface area contributed by atoms with E-state index in [2.05, 4.69) is 49.4 Å². The fraction of sp³-hybridized carbons (Fsp3) is 0.417. The van der Waals surface area contributed by atoms with E-state index in [1.807, 2.05) is 13.0 Å². The maximum Gasteiger partial charge on any atom is 0.200 e. The van der Waals surface area contributed by atoms with Crippen LogP contribution in [0.15, 0.2) is 17.0 Å². The molecule has 0 saturated heterocycles. The second-order valence-electron chi connectivity index (χ2n) is 4.89. The molecule has 20 heavy (non-hydrogen) atoms. The van der Waals surface area contributed by atoms with Crippen LogP contribution in [0.2, 0.25) is 0 Å². The number of nitrogens with zero attached hydrogens (tertiary/aromatic N) is 6. The summed E-state index contributed by atoms with van der Waals surface area (Å²) in [4.78, 5) is 0. The molecule has 0 atom stereocenters. The minimum Gasteiger partial charge on any atom is -0.376 e. The summed E-state index contributed by atoms with van der Waals surface area (Å²) < 4.78 is 6.35. The second kappa shape index (κ2) is 4.87. The first-order chi connectivity index (χ1) is 9.65. The molecule has 0 aromatic carbocycles. The number of fused-ring (bicyclic) bond motifs is 1. The molecular formula is C12H15N7O. The van der Waals surface area contributed by atoms with Crippen LogP contribution in [0.3, 0.4) is 0 Å². The van der Waals surface area contributed by atoms with E-state index in [1.54, 1.807) is 10.8 Å². The first kappa shape index (κ1) is 12.5. The second-order valence-corrected chi connectivity index (χ2v) is 4.89. The van der Waals surface area contributed by atoms with E-state index in [-0.39, 0.29) is 0 Å². The molecule has 3 rings (SSSR count). The molecule has 0 amide bonds. The fourth-order valence-corrected chi connectivity index (χ4v) is 1.85. The average molecular weight is 273 g/mol. The molecule has 0 fully saturated rings. The summed E-state index contributed by atoms with van der Waals surface area (Å²) in [6.07, 6.45) is 1.59. The van der Waals surface area contributed by atoms with Gasteiger partial charge in [0.25, 0.3) is 0 Å². The van der Waals surface area contributed by atoms with Crippen LogP contribution < -0.4 is 5.32 Å². The summed E-state index contributed by atoms with van der Waals surface area (Å²) in [5.74, 6) is 0.317. The van der Waals surface area contributed by atoms with Gasteiger partial charge in [-0.2, -0.15) is 9.61 Å². The Labute approximate surface area is 115 Å². The molecule has 8 heteroatoms. The van der Waals surface area contributed by atoms with Gasteiger partial charge in [0.2, 0.25) is 5.65 Å². The van der Waals surface area contributed by atoms with Crippen molar-refractivity contribution in [1.29, 1.82) is 0 Å². The highest BCUT2D eigenvalue weighted by Gasteiger charge is 2.11. The molecular weight excluding hydrogens is 258 g/mol. The van der Waals surface area contributed by atoms with Gasteiger partial charge in [0.1, 0.15) is 17.7 Å². The molecule has 0 aliphatic carbocycles. The van der Waals surface area contributed by atoms with Gasteiger partial charge in [-0.3, -0.25) is 0 Å². The van der Waals surface area contributed by atoms with Crippen LogP contribution in [0.5, 0.6) is 0 Å². The smallest absolute Gasteiger partial charge is 0.200 e.